The molecular weight excluding hydrogens is 292 g/mol. The van der Waals surface area contributed by atoms with E-state index in [0.717, 1.165) is 25.1 Å². The highest BCUT2D eigenvalue weighted by Crippen LogP contribution is 2.18. The lowest BCUT2D eigenvalue weighted by atomic mass is 10.0. The SMILES string of the molecule is CCn1cncc1CNS(=O)(=O)N1CCCC(COC)C1. The second kappa shape index (κ2) is 7.35. The van der Waals surface area contributed by atoms with Crippen molar-refractivity contribution in [2.45, 2.75) is 32.9 Å². The Morgan fingerprint density at radius 1 is 1.52 bits per heavy atom. The molecule has 1 unspecified atom stereocenters. The molecule has 0 spiro atoms. The molecule has 1 aliphatic rings. The minimum Gasteiger partial charge on any atom is -0.384 e. The van der Waals surface area contributed by atoms with E-state index in [1.165, 1.54) is 4.31 Å². The maximum Gasteiger partial charge on any atom is 0.279 e. The maximum atomic E-state index is 12.4. The highest BCUT2D eigenvalue weighted by Gasteiger charge is 2.28. The minimum absolute atomic E-state index is 0.265. The summed E-state index contributed by atoms with van der Waals surface area (Å²) in [6.07, 6.45) is 5.29. The number of aromatic nitrogens is 2. The van der Waals surface area contributed by atoms with Crippen molar-refractivity contribution in [1.82, 2.24) is 18.6 Å². The van der Waals surface area contributed by atoms with Gasteiger partial charge in [-0.3, -0.25) is 0 Å². The first kappa shape index (κ1) is 16.4. The molecule has 0 radical (unpaired) electrons. The van der Waals surface area contributed by atoms with Gasteiger partial charge in [-0.2, -0.15) is 17.4 Å². The van der Waals surface area contributed by atoms with Crippen molar-refractivity contribution in [3.8, 4) is 0 Å². The first-order valence-electron chi connectivity index (χ1n) is 7.29. The molecule has 0 amide bonds. The molecule has 1 aromatic rings. The summed E-state index contributed by atoms with van der Waals surface area (Å²) >= 11 is 0. The number of piperidine rings is 1. The van der Waals surface area contributed by atoms with E-state index in [0.29, 0.717) is 19.7 Å². The molecular formula is C13H24N4O3S. The molecule has 1 fully saturated rings. The molecule has 2 rings (SSSR count). The zero-order valence-electron chi connectivity index (χ0n) is 12.7. The lowest BCUT2D eigenvalue weighted by Crippen LogP contribution is -2.46. The largest absolute Gasteiger partial charge is 0.384 e. The van der Waals surface area contributed by atoms with E-state index in [2.05, 4.69) is 9.71 Å². The number of ether oxygens (including phenoxy) is 1. The van der Waals surface area contributed by atoms with Gasteiger partial charge in [-0.1, -0.05) is 0 Å². The first-order valence-corrected chi connectivity index (χ1v) is 8.73. The number of methoxy groups -OCH3 is 1. The molecule has 1 aromatic heterocycles. The van der Waals surface area contributed by atoms with Crippen LogP contribution in [-0.4, -0.2) is 49.1 Å². The fraction of sp³-hybridized carbons (Fsp3) is 0.769. The number of nitrogens with zero attached hydrogens (tertiary/aromatic N) is 3. The predicted octanol–water partition coefficient (Wildman–Crippen LogP) is 0.596. The van der Waals surface area contributed by atoms with Crippen LogP contribution in [-0.2, 0) is 28.0 Å². The Bertz CT molecular complexity index is 541. The predicted molar refractivity (Wildman–Crippen MR) is 79.8 cm³/mol. The van der Waals surface area contributed by atoms with E-state index in [4.69, 9.17) is 4.74 Å². The fourth-order valence-electron chi connectivity index (χ4n) is 2.65. The summed E-state index contributed by atoms with van der Waals surface area (Å²) in [5.41, 5.74) is 0.867. The zero-order valence-corrected chi connectivity index (χ0v) is 13.5. The Morgan fingerprint density at radius 2 is 2.33 bits per heavy atom. The van der Waals surface area contributed by atoms with Crippen LogP contribution in [0.4, 0.5) is 0 Å². The van der Waals surface area contributed by atoms with E-state index in [9.17, 15) is 8.42 Å². The van der Waals surface area contributed by atoms with E-state index in [1.807, 2.05) is 11.5 Å². The topological polar surface area (TPSA) is 76.5 Å². The van der Waals surface area contributed by atoms with Crippen molar-refractivity contribution >= 4 is 10.2 Å². The van der Waals surface area contributed by atoms with Gasteiger partial charge in [-0.25, -0.2) is 4.98 Å². The number of aryl methyl sites for hydroxylation is 1. The highest BCUT2D eigenvalue weighted by molar-refractivity contribution is 7.87. The third kappa shape index (κ3) is 4.26. The Kier molecular flexibility index (Phi) is 5.74. The average Bonchev–Trinajstić information content (AvgIpc) is 2.93. The molecule has 7 nitrogen and oxygen atoms in total. The molecule has 2 heterocycles. The molecule has 1 atom stereocenters. The van der Waals surface area contributed by atoms with Gasteiger partial charge in [0.1, 0.15) is 0 Å². The lowest BCUT2D eigenvalue weighted by Gasteiger charge is -2.31. The molecule has 21 heavy (non-hydrogen) atoms. The Hall–Kier alpha value is -0.960. The first-order chi connectivity index (χ1) is 10.1. The maximum absolute atomic E-state index is 12.4. The van der Waals surface area contributed by atoms with Crippen molar-refractivity contribution in [3.63, 3.8) is 0 Å². The van der Waals surface area contributed by atoms with Gasteiger partial charge in [0.2, 0.25) is 0 Å². The quantitative estimate of drug-likeness (QED) is 0.799. The van der Waals surface area contributed by atoms with Gasteiger partial charge >= 0.3 is 0 Å². The highest BCUT2D eigenvalue weighted by atomic mass is 32.2. The molecule has 0 saturated carbocycles. The Morgan fingerprint density at radius 3 is 3.05 bits per heavy atom. The minimum atomic E-state index is -3.45. The molecule has 1 aliphatic heterocycles. The molecule has 1 N–H and O–H groups in total. The van der Waals surface area contributed by atoms with Crippen LogP contribution in [0.15, 0.2) is 12.5 Å². The van der Waals surface area contributed by atoms with Crippen LogP contribution >= 0.6 is 0 Å². The second-order valence-electron chi connectivity index (χ2n) is 5.32. The Balaban J connectivity index is 1.95. The third-order valence-corrected chi connectivity index (χ3v) is 5.32. The van der Waals surface area contributed by atoms with Crippen molar-refractivity contribution < 1.29 is 13.2 Å². The van der Waals surface area contributed by atoms with Gasteiger partial charge in [0, 0.05) is 32.9 Å². The van der Waals surface area contributed by atoms with Gasteiger partial charge in [-0.15, -0.1) is 0 Å². The van der Waals surface area contributed by atoms with Crippen LogP contribution in [0.2, 0.25) is 0 Å². The van der Waals surface area contributed by atoms with Crippen LogP contribution in [0.25, 0.3) is 0 Å². The van der Waals surface area contributed by atoms with Gasteiger partial charge < -0.3 is 9.30 Å². The zero-order chi connectivity index (χ0) is 15.3. The number of hydrogen-bond acceptors (Lipinski definition) is 4. The van der Waals surface area contributed by atoms with Gasteiger partial charge in [0.25, 0.3) is 10.2 Å². The van der Waals surface area contributed by atoms with E-state index in [-0.39, 0.29) is 12.5 Å². The van der Waals surface area contributed by atoms with Crippen LogP contribution in [0.1, 0.15) is 25.5 Å². The normalized spacial score (nSPS) is 20.8. The molecule has 0 aromatic carbocycles. The molecule has 1 saturated heterocycles. The van der Waals surface area contributed by atoms with Crippen LogP contribution in [0.5, 0.6) is 0 Å². The van der Waals surface area contributed by atoms with E-state index >= 15 is 0 Å². The smallest absolute Gasteiger partial charge is 0.279 e. The fourth-order valence-corrected chi connectivity index (χ4v) is 3.94. The average molecular weight is 316 g/mol. The van der Waals surface area contributed by atoms with Crippen molar-refractivity contribution in [1.29, 1.82) is 0 Å². The third-order valence-electron chi connectivity index (χ3n) is 3.80. The number of hydrogen-bond donors (Lipinski definition) is 1. The van der Waals surface area contributed by atoms with Crippen LogP contribution < -0.4 is 4.72 Å². The molecule has 120 valence electrons. The summed E-state index contributed by atoms with van der Waals surface area (Å²) in [5, 5.41) is 0. The summed E-state index contributed by atoms with van der Waals surface area (Å²) in [6, 6.07) is 0. The van der Waals surface area contributed by atoms with Crippen molar-refractivity contribution in [3.05, 3.63) is 18.2 Å². The van der Waals surface area contributed by atoms with Crippen molar-refractivity contribution in [2.24, 2.45) is 5.92 Å². The van der Waals surface area contributed by atoms with Crippen LogP contribution in [0.3, 0.4) is 0 Å². The summed E-state index contributed by atoms with van der Waals surface area (Å²) in [6.45, 7) is 4.74. The Labute approximate surface area is 126 Å². The lowest BCUT2D eigenvalue weighted by molar-refractivity contribution is 0.118. The summed E-state index contributed by atoms with van der Waals surface area (Å²) in [5.74, 6) is 0.279. The summed E-state index contributed by atoms with van der Waals surface area (Å²) in [4.78, 5) is 4.04. The van der Waals surface area contributed by atoms with E-state index in [1.54, 1.807) is 19.6 Å². The molecule has 0 aliphatic carbocycles. The number of rotatable bonds is 7. The van der Waals surface area contributed by atoms with Gasteiger partial charge in [-0.05, 0) is 25.7 Å². The monoisotopic (exact) mass is 316 g/mol. The molecule has 0 bridgehead atoms. The summed E-state index contributed by atoms with van der Waals surface area (Å²) < 4.78 is 36.0. The second-order valence-corrected chi connectivity index (χ2v) is 7.07. The van der Waals surface area contributed by atoms with Gasteiger partial charge in [0.05, 0.1) is 25.2 Å². The van der Waals surface area contributed by atoms with Crippen molar-refractivity contribution in [2.75, 3.05) is 26.8 Å². The van der Waals surface area contributed by atoms with Crippen LogP contribution in [0, 0.1) is 5.92 Å². The van der Waals surface area contributed by atoms with Gasteiger partial charge in [0.15, 0.2) is 0 Å². The number of nitrogens with one attached hydrogen (secondary N) is 1. The standard InChI is InChI=1S/C13H24N4O3S/c1-3-16-11-14-7-13(16)8-15-21(18,19)17-6-4-5-12(9-17)10-20-2/h7,11-12,15H,3-6,8-10H2,1-2H3. The number of imidazole rings is 1. The summed E-state index contributed by atoms with van der Waals surface area (Å²) in [7, 11) is -1.80. The molecule has 8 heteroatoms. The van der Waals surface area contributed by atoms with E-state index < -0.39 is 10.2 Å².